The van der Waals surface area contributed by atoms with Gasteiger partial charge >= 0.3 is 0 Å². The lowest BCUT2D eigenvalue weighted by atomic mass is 9.94. The Kier molecular flexibility index (Phi) is 2.80. The van der Waals surface area contributed by atoms with Crippen molar-refractivity contribution in [1.82, 2.24) is 0 Å². The standard InChI is InChI=1S/C9H10F2O/c1-2-6-3-8(12)4-7(6)5-9(10)11/h1,6-7,9H,3-5H2. The van der Waals surface area contributed by atoms with Gasteiger partial charge in [0.25, 0.3) is 0 Å². The highest BCUT2D eigenvalue weighted by molar-refractivity contribution is 5.81. The number of rotatable bonds is 2. The van der Waals surface area contributed by atoms with Crippen LogP contribution >= 0.6 is 0 Å². The van der Waals surface area contributed by atoms with Crippen molar-refractivity contribution in [2.45, 2.75) is 25.7 Å². The normalized spacial score (nSPS) is 29.3. The van der Waals surface area contributed by atoms with Gasteiger partial charge in [0.1, 0.15) is 5.78 Å². The van der Waals surface area contributed by atoms with Crippen LogP contribution in [0.1, 0.15) is 19.3 Å². The van der Waals surface area contributed by atoms with Crippen LogP contribution < -0.4 is 0 Å². The Morgan fingerprint density at radius 2 is 2.25 bits per heavy atom. The second-order valence-electron chi connectivity index (χ2n) is 3.11. The van der Waals surface area contributed by atoms with Crippen LogP contribution in [0, 0.1) is 24.2 Å². The van der Waals surface area contributed by atoms with Crippen molar-refractivity contribution in [1.29, 1.82) is 0 Å². The van der Waals surface area contributed by atoms with Crippen LogP contribution in [-0.4, -0.2) is 12.2 Å². The largest absolute Gasteiger partial charge is 0.300 e. The van der Waals surface area contributed by atoms with Crippen molar-refractivity contribution in [3.05, 3.63) is 0 Å². The van der Waals surface area contributed by atoms with Crippen molar-refractivity contribution in [3.8, 4) is 12.3 Å². The minimum absolute atomic E-state index is 0.0172. The molecular formula is C9H10F2O. The highest BCUT2D eigenvalue weighted by Gasteiger charge is 2.33. The summed E-state index contributed by atoms with van der Waals surface area (Å²) in [7, 11) is 0. The fourth-order valence-electron chi connectivity index (χ4n) is 1.60. The molecule has 0 aliphatic heterocycles. The van der Waals surface area contributed by atoms with Gasteiger partial charge in [0.2, 0.25) is 6.43 Å². The minimum Gasteiger partial charge on any atom is -0.300 e. The van der Waals surface area contributed by atoms with Crippen molar-refractivity contribution in [2.24, 2.45) is 11.8 Å². The Bertz CT molecular complexity index is 217. The molecule has 0 N–H and O–H groups in total. The predicted molar refractivity (Wildman–Crippen MR) is 40.7 cm³/mol. The summed E-state index contributed by atoms with van der Waals surface area (Å²) < 4.78 is 23.9. The third-order valence-electron chi connectivity index (χ3n) is 2.20. The van der Waals surface area contributed by atoms with E-state index in [9.17, 15) is 13.6 Å². The van der Waals surface area contributed by atoms with E-state index in [1.807, 2.05) is 0 Å². The van der Waals surface area contributed by atoms with Gasteiger partial charge in [0.05, 0.1) is 0 Å². The molecule has 1 rings (SSSR count). The molecule has 0 spiro atoms. The average molecular weight is 172 g/mol. The number of halogens is 2. The second-order valence-corrected chi connectivity index (χ2v) is 3.11. The summed E-state index contributed by atoms with van der Waals surface area (Å²) in [6.45, 7) is 0. The van der Waals surface area contributed by atoms with Gasteiger partial charge in [0.15, 0.2) is 0 Å². The van der Waals surface area contributed by atoms with Gasteiger partial charge in [-0.3, -0.25) is 4.79 Å². The minimum atomic E-state index is -2.35. The van der Waals surface area contributed by atoms with Crippen molar-refractivity contribution in [3.63, 3.8) is 0 Å². The molecule has 0 aromatic carbocycles. The van der Waals surface area contributed by atoms with Gasteiger partial charge in [-0.2, -0.15) is 0 Å². The Hall–Kier alpha value is -0.910. The number of carbonyl (C=O) groups excluding carboxylic acids is 1. The maximum atomic E-state index is 11.9. The Morgan fingerprint density at radius 1 is 1.58 bits per heavy atom. The summed E-state index contributed by atoms with van der Waals surface area (Å²) >= 11 is 0. The lowest BCUT2D eigenvalue weighted by Crippen LogP contribution is -2.09. The fraction of sp³-hybridized carbons (Fsp3) is 0.667. The molecule has 0 heterocycles. The van der Waals surface area contributed by atoms with Crippen LogP contribution in [0.15, 0.2) is 0 Å². The van der Waals surface area contributed by atoms with Crippen LogP contribution in [0.5, 0.6) is 0 Å². The van der Waals surface area contributed by atoms with Gasteiger partial charge in [0, 0.05) is 25.2 Å². The van der Waals surface area contributed by atoms with Gasteiger partial charge in [-0.25, -0.2) is 8.78 Å². The number of Topliss-reactive ketones (excluding diaryl/α,β-unsaturated/α-hetero) is 1. The zero-order chi connectivity index (χ0) is 9.14. The molecule has 1 saturated carbocycles. The molecule has 1 fully saturated rings. The van der Waals surface area contributed by atoms with E-state index in [1.54, 1.807) is 0 Å². The first kappa shape index (κ1) is 9.18. The smallest absolute Gasteiger partial charge is 0.239 e. The first-order valence-corrected chi connectivity index (χ1v) is 3.89. The van der Waals surface area contributed by atoms with Gasteiger partial charge < -0.3 is 0 Å². The molecule has 66 valence electrons. The lowest BCUT2D eigenvalue weighted by Gasteiger charge is -2.11. The molecule has 2 unspecified atom stereocenters. The first-order chi connectivity index (χ1) is 5.63. The average Bonchev–Trinajstić information content (AvgIpc) is 2.29. The number of ketones is 1. The molecule has 2 atom stereocenters. The summed E-state index contributed by atoms with van der Waals surface area (Å²) in [5, 5.41) is 0. The molecule has 0 amide bonds. The van der Waals surface area contributed by atoms with Crippen LogP contribution in [0.4, 0.5) is 8.78 Å². The van der Waals surface area contributed by atoms with E-state index in [0.29, 0.717) is 0 Å². The predicted octanol–water partition coefficient (Wildman–Crippen LogP) is 1.87. The summed E-state index contributed by atoms with van der Waals surface area (Å²) in [5.41, 5.74) is 0. The molecule has 0 bridgehead atoms. The SMILES string of the molecule is C#CC1CC(=O)CC1CC(F)F. The monoisotopic (exact) mass is 172 g/mol. The molecule has 1 aliphatic rings. The molecular weight excluding hydrogens is 162 g/mol. The third-order valence-corrected chi connectivity index (χ3v) is 2.20. The highest BCUT2D eigenvalue weighted by atomic mass is 19.3. The number of terminal acetylenes is 1. The molecule has 1 nitrogen and oxygen atoms in total. The summed E-state index contributed by atoms with van der Waals surface area (Å²) in [6, 6.07) is 0. The second kappa shape index (κ2) is 3.66. The summed E-state index contributed by atoms with van der Waals surface area (Å²) in [6.07, 6.45) is 3.05. The zero-order valence-electron chi connectivity index (χ0n) is 6.59. The Morgan fingerprint density at radius 3 is 2.75 bits per heavy atom. The van der Waals surface area contributed by atoms with E-state index < -0.39 is 6.43 Å². The maximum Gasteiger partial charge on any atom is 0.239 e. The van der Waals surface area contributed by atoms with E-state index in [2.05, 4.69) is 5.92 Å². The first-order valence-electron chi connectivity index (χ1n) is 3.89. The number of hydrogen-bond donors (Lipinski definition) is 0. The molecule has 1 aliphatic carbocycles. The number of alkyl halides is 2. The van der Waals surface area contributed by atoms with E-state index in [-0.39, 0.29) is 36.9 Å². The Balaban J connectivity index is 2.53. The molecule has 0 radical (unpaired) electrons. The van der Waals surface area contributed by atoms with Crippen molar-refractivity contribution in [2.75, 3.05) is 0 Å². The van der Waals surface area contributed by atoms with Crippen LogP contribution in [-0.2, 0) is 4.79 Å². The van der Waals surface area contributed by atoms with Gasteiger partial charge in [-0.05, 0) is 5.92 Å². The van der Waals surface area contributed by atoms with Crippen molar-refractivity contribution < 1.29 is 13.6 Å². The fourth-order valence-corrected chi connectivity index (χ4v) is 1.60. The van der Waals surface area contributed by atoms with Crippen LogP contribution in [0.2, 0.25) is 0 Å². The summed E-state index contributed by atoms with van der Waals surface area (Å²) in [5.74, 6) is 1.87. The van der Waals surface area contributed by atoms with Crippen molar-refractivity contribution >= 4 is 5.78 Å². The molecule has 3 heteroatoms. The van der Waals surface area contributed by atoms with E-state index in [1.165, 1.54) is 0 Å². The third kappa shape index (κ3) is 2.04. The molecule has 0 aromatic rings. The van der Waals surface area contributed by atoms with Gasteiger partial charge in [-0.15, -0.1) is 12.3 Å². The molecule has 0 saturated heterocycles. The van der Waals surface area contributed by atoms with Gasteiger partial charge in [-0.1, -0.05) is 0 Å². The van der Waals surface area contributed by atoms with Crippen LogP contribution in [0.3, 0.4) is 0 Å². The highest BCUT2D eigenvalue weighted by Crippen LogP contribution is 2.32. The molecule has 12 heavy (non-hydrogen) atoms. The zero-order valence-corrected chi connectivity index (χ0v) is 6.59. The quantitative estimate of drug-likeness (QED) is 0.581. The van der Waals surface area contributed by atoms with E-state index >= 15 is 0 Å². The van der Waals surface area contributed by atoms with E-state index in [0.717, 1.165) is 0 Å². The number of hydrogen-bond acceptors (Lipinski definition) is 1. The van der Waals surface area contributed by atoms with E-state index in [4.69, 9.17) is 6.42 Å². The topological polar surface area (TPSA) is 17.1 Å². The maximum absolute atomic E-state index is 11.9. The Labute approximate surface area is 70.1 Å². The number of carbonyl (C=O) groups is 1. The molecule has 0 aromatic heterocycles. The van der Waals surface area contributed by atoms with Crippen LogP contribution in [0.25, 0.3) is 0 Å². The summed E-state index contributed by atoms with van der Waals surface area (Å²) in [4.78, 5) is 10.9. The lowest BCUT2D eigenvalue weighted by molar-refractivity contribution is -0.117.